The first-order valence-corrected chi connectivity index (χ1v) is 8.35. The van der Waals surface area contributed by atoms with Crippen LogP contribution in [0, 0.1) is 5.92 Å². The van der Waals surface area contributed by atoms with Crippen molar-refractivity contribution in [2.24, 2.45) is 5.92 Å². The molecule has 0 unspecified atom stereocenters. The van der Waals surface area contributed by atoms with Gasteiger partial charge in [-0.15, -0.1) is 0 Å². The zero-order valence-electron chi connectivity index (χ0n) is 13.2. The van der Waals surface area contributed by atoms with E-state index in [0.29, 0.717) is 12.5 Å². The summed E-state index contributed by atoms with van der Waals surface area (Å²) in [6.07, 6.45) is 7.55. The number of carbonyl (C=O) groups excluding carboxylic acids is 1. The Balaban J connectivity index is 1.83. The van der Waals surface area contributed by atoms with Crippen molar-refractivity contribution in [3.05, 3.63) is 0 Å². The highest BCUT2D eigenvalue weighted by Gasteiger charge is 2.40. The van der Waals surface area contributed by atoms with Crippen molar-refractivity contribution >= 4 is 5.91 Å². The van der Waals surface area contributed by atoms with Gasteiger partial charge in [-0.2, -0.15) is 0 Å². The molecule has 116 valence electrons. The summed E-state index contributed by atoms with van der Waals surface area (Å²) >= 11 is 0. The highest BCUT2D eigenvalue weighted by Crippen LogP contribution is 2.34. The second-order valence-electron chi connectivity index (χ2n) is 6.92. The lowest BCUT2D eigenvalue weighted by molar-refractivity contribution is -0.125. The van der Waals surface area contributed by atoms with Crippen molar-refractivity contribution in [3.8, 4) is 0 Å². The third-order valence-electron chi connectivity index (χ3n) is 4.85. The molecule has 1 aliphatic heterocycles. The summed E-state index contributed by atoms with van der Waals surface area (Å²) in [6, 6.07) is 0. The lowest BCUT2D eigenvalue weighted by atomic mass is 9.79. The Bertz CT molecular complexity index is 303. The third-order valence-corrected chi connectivity index (χ3v) is 4.85. The van der Waals surface area contributed by atoms with E-state index in [4.69, 9.17) is 0 Å². The lowest BCUT2D eigenvalue weighted by Crippen LogP contribution is -2.63. The Morgan fingerprint density at radius 2 is 2.05 bits per heavy atom. The van der Waals surface area contributed by atoms with Crippen molar-refractivity contribution in [3.63, 3.8) is 0 Å². The maximum atomic E-state index is 12.1. The SMILES string of the molecule is CC(C)CCNC(=O)CN1CCNCC12CCCCC2. The normalized spacial score (nSPS) is 23.1. The van der Waals surface area contributed by atoms with Crippen LogP contribution in [0.2, 0.25) is 0 Å². The predicted molar refractivity (Wildman–Crippen MR) is 82.7 cm³/mol. The van der Waals surface area contributed by atoms with Crippen LogP contribution in [0.25, 0.3) is 0 Å². The maximum Gasteiger partial charge on any atom is 0.234 e. The molecule has 4 nitrogen and oxygen atoms in total. The van der Waals surface area contributed by atoms with Crippen molar-refractivity contribution in [2.45, 2.75) is 57.9 Å². The van der Waals surface area contributed by atoms with Crippen LogP contribution in [0.4, 0.5) is 0 Å². The molecule has 1 saturated heterocycles. The van der Waals surface area contributed by atoms with E-state index in [1.165, 1.54) is 32.1 Å². The van der Waals surface area contributed by atoms with Gasteiger partial charge in [0.05, 0.1) is 6.54 Å². The van der Waals surface area contributed by atoms with E-state index in [2.05, 4.69) is 29.4 Å². The van der Waals surface area contributed by atoms with Gasteiger partial charge in [0.1, 0.15) is 0 Å². The standard InChI is InChI=1S/C16H31N3O/c1-14(2)6-9-18-15(20)12-19-11-10-17-13-16(19)7-4-3-5-8-16/h14,17H,3-13H2,1-2H3,(H,18,20). The Morgan fingerprint density at radius 1 is 1.30 bits per heavy atom. The third kappa shape index (κ3) is 4.19. The van der Waals surface area contributed by atoms with Gasteiger partial charge in [-0.25, -0.2) is 0 Å². The highest BCUT2D eigenvalue weighted by molar-refractivity contribution is 5.78. The number of hydrogen-bond donors (Lipinski definition) is 2. The molecular weight excluding hydrogens is 250 g/mol. The minimum atomic E-state index is 0.206. The van der Waals surface area contributed by atoms with Gasteiger partial charge in [0, 0.05) is 31.7 Å². The number of nitrogens with one attached hydrogen (secondary N) is 2. The molecular formula is C16H31N3O. The summed E-state index contributed by atoms with van der Waals surface area (Å²) in [6.45, 7) is 8.87. The topological polar surface area (TPSA) is 44.4 Å². The molecule has 0 radical (unpaired) electrons. The van der Waals surface area contributed by atoms with Crippen LogP contribution in [0.5, 0.6) is 0 Å². The van der Waals surface area contributed by atoms with E-state index < -0.39 is 0 Å². The molecule has 1 aliphatic carbocycles. The first kappa shape index (κ1) is 15.8. The monoisotopic (exact) mass is 281 g/mol. The number of piperazine rings is 1. The molecule has 2 N–H and O–H groups in total. The minimum Gasteiger partial charge on any atom is -0.355 e. The summed E-state index contributed by atoms with van der Waals surface area (Å²) in [5.41, 5.74) is 0.256. The van der Waals surface area contributed by atoms with Gasteiger partial charge in [0.2, 0.25) is 5.91 Å². The Kier molecular flexibility index (Phi) is 5.85. The van der Waals surface area contributed by atoms with Crippen LogP contribution in [0.3, 0.4) is 0 Å². The second kappa shape index (κ2) is 7.41. The molecule has 2 fully saturated rings. The quantitative estimate of drug-likeness (QED) is 0.807. The van der Waals surface area contributed by atoms with Crippen LogP contribution in [0.15, 0.2) is 0 Å². The van der Waals surface area contributed by atoms with Crippen molar-refractivity contribution < 1.29 is 4.79 Å². The van der Waals surface area contributed by atoms with Crippen molar-refractivity contribution in [2.75, 3.05) is 32.7 Å². The van der Waals surface area contributed by atoms with Gasteiger partial charge in [0.15, 0.2) is 0 Å². The number of nitrogens with zero attached hydrogens (tertiary/aromatic N) is 1. The Hall–Kier alpha value is -0.610. The predicted octanol–water partition coefficient (Wildman–Crippen LogP) is 1.76. The van der Waals surface area contributed by atoms with E-state index >= 15 is 0 Å². The summed E-state index contributed by atoms with van der Waals surface area (Å²) in [4.78, 5) is 14.6. The summed E-state index contributed by atoms with van der Waals surface area (Å²) in [5.74, 6) is 0.858. The average Bonchev–Trinajstić information content (AvgIpc) is 2.42. The highest BCUT2D eigenvalue weighted by atomic mass is 16.2. The fourth-order valence-electron chi connectivity index (χ4n) is 3.56. The van der Waals surface area contributed by atoms with Gasteiger partial charge < -0.3 is 10.6 Å². The van der Waals surface area contributed by atoms with Gasteiger partial charge in [0.25, 0.3) is 0 Å². The van der Waals surface area contributed by atoms with E-state index in [-0.39, 0.29) is 11.4 Å². The summed E-state index contributed by atoms with van der Waals surface area (Å²) in [5, 5.41) is 6.62. The molecule has 2 rings (SSSR count). The molecule has 0 bridgehead atoms. The molecule has 0 aromatic heterocycles. The van der Waals surface area contributed by atoms with E-state index in [0.717, 1.165) is 32.6 Å². The van der Waals surface area contributed by atoms with Crippen LogP contribution in [-0.4, -0.2) is 49.1 Å². The fourth-order valence-corrected chi connectivity index (χ4v) is 3.56. The van der Waals surface area contributed by atoms with E-state index in [9.17, 15) is 4.79 Å². The van der Waals surface area contributed by atoms with E-state index in [1.54, 1.807) is 0 Å². The molecule has 4 heteroatoms. The minimum absolute atomic E-state index is 0.206. The lowest BCUT2D eigenvalue weighted by Gasteiger charge is -2.49. The van der Waals surface area contributed by atoms with Gasteiger partial charge in [-0.1, -0.05) is 33.1 Å². The second-order valence-corrected chi connectivity index (χ2v) is 6.92. The fraction of sp³-hybridized carbons (Fsp3) is 0.938. The number of rotatable bonds is 5. The number of hydrogen-bond acceptors (Lipinski definition) is 3. The molecule has 2 aliphatic rings. The van der Waals surface area contributed by atoms with E-state index in [1.807, 2.05) is 0 Å². The molecule has 1 heterocycles. The van der Waals surface area contributed by atoms with Gasteiger partial charge in [-0.3, -0.25) is 9.69 Å². The first-order chi connectivity index (χ1) is 9.62. The molecule has 0 aromatic rings. The average molecular weight is 281 g/mol. The maximum absolute atomic E-state index is 12.1. The Morgan fingerprint density at radius 3 is 2.75 bits per heavy atom. The van der Waals surface area contributed by atoms with Crippen molar-refractivity contribution in [1.29, 1.82) is 0 Å². The molecule has 0 aromatic carbocycles. The molecule has 1 spiro atoms. The molecule has 20 heavy (non-hydrogen) atoms. The molecule has 1 amide bonds. The largest absolute Gasteiger partial charge is 0.355 e. The van der Waals surface area contributed by atoms with Crippen LogP contribution in [0.1, 0.15) is 52.4 Å². The molecule has 0 atom stereocenters. The zero-order chi connectivity index (χ0) is 14.4. The molecule has 1 saturated carbocycles. The summed E-state index contributed by atoms with van der Waals surface area (Å²) in [7, 11) is 0. The summed E-state index contributed by atoms with van der Waals surface area (Å²) < 4.78 is 0. The van der Waals surface area contributed by atoms with Crippen molar-refractivity contribution in [1.82, 2.24) is 15.5 Å². The smallest absolute Gasteiger partial charge is 0.234 e. The number of amides is 1. The van der Waals surface area contributed by atoms with Crippen LogP contribution in [-0.2, 0) is 4.79 Å². The van der Waals surface area contributed by atoms with Gasteiger partial charge in [-0.05, 0) is 25.2 Å². The van der Waals surface area contributed by atoms with Crippen LogP contribution < -0.4 is 10.6 Å². The zero-order valence-corrected chi connectivity index (χ0v) is 13.2. The Labute approximate surface area is 123 Å². The number of carbonyl (C=O) groups is 1. The first-order valence-electron chi connectivity index (χ1n) is 8.35. The van der Waals surface area contributed by atoms with Crippen LogP contribution >= 0.6 is 0 Å². The van der Waals surface area contributed by atoms with Gasteiger partial charge >= 0.3 is 0 Å².